The predicted molar refractivity (Wildman–Crippen MR) is 122 cm³/mol. The van der Waals surface area contributed by atoms with E-state index in [0.717, 1.165) is 41.4 Å². The Kier molecular flexibility index (Phi) is 5.83. The third-order valence-corrected chi connectivity index (χ3v) is 10.6. The van der Waals surface area contributed by atoms with Crippen molar-refractivity contribution in [2.75, 3.05) is 0 Å². The monoisotopic (exact) mass is 384 g/mol. The predicted octanol–water partition coefficient (Wildman–Crippen LogP) is 8.66. The van der Waals surface area contributed by atoms with Crippen molar-refractivity contribution >= 4 is 0 Å². The van der Waals surface area contributed by atoms with Gasteiger partial charge in [-0.2, -0.15) is 0 Å². The second kappa shape index (κ2) is 7.77. The molecule has 0 saturated heterocycles. The molecule has 28 heavy (non-hydrogen) atoms. The second-order valence-electron chi connectivity index (χ2n) is 12.6. The van der Waals surface area contributed by atoms with Gasteiger partial charge in [-0.1, -0.05) is 72.5 Å². The van der Waals surface area contributed by atoms with Gasteiger partial charge in [-0.3, -0.25) is 0 Å². The first-order valence-electron chi connectivity index (χ1n) is 12.9. The highest BCUT2D eigenvalue weighted by Crippen LogP contribution is 2.67. The Hall–Kier alpha value is -0.260. The summed E-state index contributed by atoms with van der Waals surface area (Å²) in [4.78, 5) is 0. The molecule has 0 heteroatoms. The Balaban J connectivity index is 1.49. The van der Waals surface area contributed by atoms with E-state index in [-0.39, 0.29) is 0 Å². The number of hydrogen-bond acceptors (Lipinski definition) is 0. The van der Waals surface area contributed by atoms with Gasteiger partial charge >= 0.3 is 0 Å². The molecule has 0 N–H and O–H groups in total. The highest BCUT2D eigenvalue weighted by Gasteiger charge is 2.58. The van der Waals surface area contributed by atoms with Crippen LogP contribution in [-0.2, 0) is 0 Å². The Bertz CT molecular complexity index is 585. The topological polar surface area (TPSA) is 0 Å². The molecule has 0 aromatic rings. The van der Waals surface area contributed by atoms with Gasteiger partial charge in [0.15, 0.2) is 0 Å². The summed E-state index contributed by atoms with van der Waals surface area (Å²) in [6.07, 6.45) is 19.0. The van der Waals surface area contributed by atoms with Crippen molar-refractivity contribution in [3.63, 3.8) is 0 Å². The Morgan fingerprint density at radius 1 is 0.964 bits per heavy atom. The molecule has 0 aromatic carbocycles. The third-order valence-electron chi connectivity index (χ3n) is 10.6. The van der Waals surface area contributed by atoms with E-state index in [0.29, 0.717) is 10.8 Å². The van der Waals surface area contributed by atoms with Crippen molar-refractivity contribution < 1.29 is 0 Å². The largest absolute Gasteiger partial charge is 0.0845 e. The van der Waals surface area contributed by atoms with Crippen LogP contribution in [0.5, 0.6) is 0 Å². The lowest BCUT2D eigenvalue weighted by Crippen LogP contribution is -2.50. The lowest BCUT2D eigenvalue weighted by molar-refractivity contribution is -0.0523. The van der Waals surface area contributed by atoms with E-state index in [1.165, 1.54) is 70.6 Å². The van der Waals surface area contributed by atoms with Crippen LogP contribution in [0.15, 0.2) is 11.6 Å². The zero-order valence-corrected chi connectivity index (χ0v) is 19.9. The van der Waals surface area contributed by atoms with Crippen LogP contribution in [0.1, 0.15) is 112 Å². The maximum atomic E-state index is 2.75. The van der Waals surface area contributed by atoms with Gasteiger partial charge in [-0.15, -0.1) is 0 Å². The SMILES string of the molecule is CC(C)CCC[C@@H](C)[C@H]1CCC2[C@@H]3CC=C4C[C@@H](C)CC[C@]4(C)[C@H]3CC[C@@]21C. The van der Waals surface area contributed by atoms with Gasteiger partial charge in [0.05, 0.1) is 0 Å². The minimum atomic E-state index is 0.553. The van der Waals surface area contributed by atoms with E-state index >= 15 is 0 Å². The lowest BCUT2D eigenvalue weighted by Gasteiger charge is -2.58. The molecule has 0 bridgehead atoms. The van der Waals surface area contributed by atoms with E-state index in [9.17, 15) is 0 Å². The van der Waals surface area contributed by atoms with Crippen LogP contribution in [0, 0.1) is 52.3 Å². The number of allylic oxidation sites excluding steroid dienone is 2. The van der Waals surface area contributed by atoms with Crippen molar-refractivity contribution in [3.05, 3.63) is 11.6 Å². The van der Waals surface area contributed by atoms with Crippen molar-refractivity contribution in [2.24, 2.45) is 52.3 Å². The van der Waals surface area contributed by atoms with Gasteiger partial charge in [0.2, 0.25) is 0 Å². The second-order valence-corrected chi connectivity index (χ2v) is 12.6. The van der Waals surface area contributed by atoms with Gasteiger partial charge in [0, 0.05) is 0 Å². The first kappa shape index (κ1) is 21.0. The molecule has 0 aromatic heterocycles. The molecule has 0 nitrogen and oxygen atoms in total. The molecule has 4 aliphatic carbocycles. The minimum Gasteiger partial charge on any atom is -0.0845 e. The maximum Gasteiger partial charge on any atom is -0.00851 e. The van der Waals surface area contributed by atoms with Crippen LogP contribution in [0.25, 0.3) is 0 Å². The standard InChI is InChI=1S/C28H48/c1-19(2)8-7-9-21(4)24-12-13-25-23-11-10-22-18-20(3)14-16-27(22,5)26(23)15-17-28(24,25)6/h10,19-21,23-26H,7-9,11-18H2,1-6H3/t20-,21+,23-,24+,25?,26-,27-,28+/m0/s1. The number of fused-ring (bicyclic) bond motifs is 5. The fourth-order valence-electron chi connectivity index (χ4n) is 8.87. The van der Waals surface area contributed by atoms with Crippen LogP contribution in [0.3, 0.4) is 0 Å². The normalized spacial score (nSPS) is 46.5. The van der Waals surface area contributed by atoms with Crippen molar-refractivity contribution in [2.45, 2.75) is 112 Å². The number of hydrogen-bond donors (Lipinski definition) is 0. The summed E-state index contributed by atoms with van der Waals surface area (Å²) < 4.78 is 0. The van der Waals surface area contributed by atoms with E-state index in [1.54, 1.807) is 0 Å². The Morgan fingerprint density at radius 3 is 2.50 bits per heavy atom. The highest BCUT2D eigenvalue weighted by molar-refractivity contribution is 5.25. The molecule has 0 spiro atoms. The average molecular weight is 385 g/mol. The fraction of sp³-hybridized carbons (Fsp3) is 0.929. The summed E-state index contributed by atoms with van der Waals surface area (Å²) in [6, 6.07) is 0. The quantitative estimate of drug-likeness (QED) is 0.416. The highest BCUT2D eigenvalue weighted by atomic mass is 14.6. The molecule has 0 heterocycles. The van der Waals surface area contributed by atoms with Crippen molar-refractivity contribution in [1.29, 1.82) is 0 Å². The summed E-state index contributed by atoms with van der Waals surface area (Å²) >= 11 is 0. The smallest absolute Gasteiger partial charge is 0.00851 e. The Labute approximate surface area is 176 Å². The molecular weight excluding hydrogens is 336 g/mol. The van der Waals surface area contributed by atoms with Crippen LogP contribution in [-0.4, -0.2) is 0 Å². The van der Waals surface area contributed by atoms with Gasteiger partial charge in [-0.05, 0) is 104 Å². The fourth-order valence-corrected chi connectivity index (χ4v) is 8.87. The molecule has 0 aliphatic heterocycles. The molecule has 8 atom stereocenters. The Morgan fingerprint density at radius 2 is 1.75 bits per heavy atom. The molecule has 4 aliphatic rings. The maximum absolute atomic E-state index is 2.75. The van der Waals surface area contributed by atoms with Crippen LogP contribution < -0.4 is 0 Å². The van der Waals surface area contributed by atoms with Crippen molar-refractivity contribution in [3.8, 4) is 0 Å². The third kappa shape index (κ3) is 3.43. The first-order valence-corrected chi connectivity index (χ1v) is 12.9. The molecule has 0 amide bonds. The summed E-state index contributed by atoms with van der Waals surface area (Å²) in [5.74, 6) is 6.73. The van der Waals surface area contributed by atoms with Crippen LogP contribution in [0.2, 0.25) is 0 Å². The summed E-state index contributed by atoms with van der Waals surface area (Å²) in [7, 11) is 0. The molecule has 3 saturated carbocycles. The van der Waals surface area contributed by atoms with Gasteiger partial charge in [0.1, 0.15) is 0 Å². The van der Waals surface area contributed by atoms with Crippen LogP contribution >= 0.6 is 0 Å². The first-order chi connectivity index (χ1) is 13.3. The summed E-state index contributed by atoms with van der Waals surface area (Å²) in [5.41, 5.74) is 3.06. The van der Waals surface area contributed by atoms with E-state index < -0.39 is 0 Å². The molecular formula is C28H48. The lowest BCUT2D eigenvalue weighted by atomic mass is 9.46. The van der Waals surface area contributed by atoms with Gasteiger partial charge < -0.3 is 0 Å². The summed E-state index contributed by atoms with van der Waals surface area (Å²) in [6.45, 7) is 15.3. The molecule has 0 radical (unpaired) electrons. The van der Waals surface area contributed by atoms with E-state index in [1.807, 2.05) is 5.57 Å². The van der Waals surface area contributed by atoms with Crippen LogP contribution in [0.4, 0.5) is 0 Å². The van der Waals surface area contributed by atoms with Gasteiger partial charge in [-0.25, -0.2) is 0 Å². The molecule has 1 unspecified atom stereocenters. The van der Waals surface area contributed by atoms with Gasteiger partial charge in [0.25, 0.3) is 0 Å². The van der Waals surface area contributed by atoms with Crippen molar-refractivity contribution in [1.82, 2.24) is 0 Å². The average Bonchev–Trinajstić information content (AvgIpc) is 2.99. The molecule has 160 valence electrons. The molecule has 3 fully saturated rings. The van der Waals surface area contributed by atoms with E-state index in [4.69, 9.17) is 0 Å². The minimum absolute atomic E-state index is 0.553. The zero-order valence-electron chi connectivity index (χ0n) is 19.9. The number of rotatable bonds is 5. The van der Waals surface area contributed by atoms with E-state index in [2.05, 4.69) is 47.6 Å². The summed E-state index contributed by atoms with van der Waals surface area (Å²) in [5, 5.41) is 0. The molecule has 4 rings (SSSR count). The zero-order chi connectivity index (χ0) is 20.1.